The smallest absolute Gasteiger partial charge is 0.317 e. The molecule has 1 aliphatic carbocycles. The van der Waals surface area contributed by atoms with Gasteiger partial charge in [-0.3, -0.25) is 0 Å². The fraction of sp³-hybridized carbons (Fsp3) is 0.407. The third-order valence-corrected chi connectivity index (χ3v) is 6.63. The van der Waals surface area contributed by atoms with Crippen LogP contribution in [0.2, 0.25) is 0 Å². The van der Waals surface area contributed by atoms with Crippen LogP contribution in [0.15, 0.2) is 40.9 Å². The molecule has 5 rings (SSSR count). The number of urea groups is 1. The Balaban J connectivity index is 1.36. The molecule has 186 valence electrons. The highest BCUT2D eigenvalue weighted by molar-refractivity contribution is 5.76. The first kappa shape index (κ1) is 23.8. The van der Waals surface area contributed by atoms with Crippen molar-refractivity contribution in [2.24, 2.45) is 0 Å². The van der Waals surface area contributed by atoms with Crippen LogP contribution in [0, 0.1) is 11.3 Å². The SMILES string of the molecule is CC(C)Oc1ccc(-c2nc(-c3cccc4c3CC[C@H]4NC(=O)N3CCC[C@@H](O)C3)no2)cc1C#N. The Morgan fingerprint density at radius 1 is 1.31 bits per heavy atom. The number of carbonyl (C=O) groups excluding carboxylic acids is 1. The Bertz CT molecular complexity index is 1310. The van der Waals surface area contributed by atoms with Gasteiger partial charge in [0.15, 0.2) is 0 Å². The normalized spacial score (nSPS) is 19.1. The number of amides is 2. The maximum atomic E-state index is 12.8. The van der Waals surface area contributed by atoms with Gasteiger partial charge in [-0.25, -0.2) is 4.79 Å². The number of nitrogens with one attached hydrogen (secondary N) is 1. The van der Waals surface area contributed by atoms with Crippen LogP contribution < -0.4 is 10.1 Å². The molecule has 2 amide bonds. The summed E-state index contributed by atoms with van der Waals surface area (Å²) in [6.07, 6.45) is 2.61. The van der Waals surface area contributed by atoms with Crippen molar-refractivity contribution in [2.45, 2.75) is 57.8 Å². The van der Waals surface area contributed by atoms with Crippen LogP contribution in [0.4, 0.5) is 4.79 Å². The molecule has 1 fully saturated rings. The summed E-state index contributed by atoms with van der Waals surface area (Å²) in [6.45, 7) is 4.85. The summed E-state index contributed by atoms with van der Waals surface area (Å²) in [7, 11) is 0. The lowest BCUT2D eigenvalue weighted by molar-refractivity contribution is 0.0833. The topological polar surface area (TPSA) is 125 Å². The third-order valence-electron chi connectivity index (χ3n) is 6.63. The average molecular weight is 488 g/mol. The van der Waals surface area contributed by atoms with Crippen molar-refractivity contribution in [3.8, 4) is 34.7 Å². The van der Waals surface area contributed by atoms with Gasteiger partial charge in [-0.15, -0.1) is 0 Å². The zero-order chi connectivity index (χ0) is 25.2. The number of likely N-dealkylation sites (tertiary alicyclic amines) is 1. The first-order chi connectivity index (χ1) is 17.4. The fourth-order valence-corrected chi connectivity index (χ4v) is 4.95. The molecule has 9 nitrogen and oxygen atoms in total. The largest absolute Gasteiger partial charge is 0.490 e. The molecule has 0 spiro atoms. The van der Waals surface area contributed by atoms with E-state index in [2.05, 4.69) is 21.5 Å². The summed E-state index contributed by atoms with van der Waals surface area (Å²) < 4.78 is 11.3. The van der Waals surface area contributed by atoms with Crippen LogP contribution in [0.5, 0.6) is 5.75 Å². The molecule has 2 heterocycles. The first-order valence-corrected chi connectivity index (χ1v) is 12.3. The standard InChI is InChI=1S/C27H29N5O4/c1-16(2)35-24-11-8-17(13-18(24)14-28)26-30-25(31-36-26)22-7-3-6-21-20(22)9-10-23(21)29-27(34)32-12-4-5-19(33)15-32/h3,6-8,11,13,16,19,23,33H,4-5,9-10,12,15H2,1-2H3,(H,29,34)/t19-,23-/m1/s1. The average Bonchev–Trinajstić information content (AvgIpc) is 3.52. The molecule has 2 aliphatic rings. The fourth-order valence-electron chi connectivity index (χ4n) is 4.95. The molecule has 0 unspecified atom stereocenters. The molecule has 0 radical (unpaired) electrons. The molecule has 1 saturated heterocycles. The molecule has 2 atom stereocenters. The predicted molar refractivity (Wildman–Crippen MR) is 132 cm³/mol. The van der Waals surface area contributed by atoms with Gasteiger partial charge in [0.25, 0.3) is 5.89 Å². The summed E-state index contributed by atoms with van der Waals surface area (Å²) in [5, 5.41) is 26.8. The minimum atomic E-state index is -0.456. The lowest BCUT2D eigenvalue weighted by atomic mass is 10.0. The monoisotopic (exact) mass is 487 g/mol. The van der Waals surface area contributed by atoms with Gasteiger partial charge in [0.1, 0.15) is 11.8 Å². The quantitative estimate of drug-likeness (QED) is 0.552. The second-order valence-electron chi connectivity index (χ2n) is 9.57. The minimum Gasteiger partial charge on any atom is -0.490 e. The van der Waals surface area contributed by atoms with Crippen molar-refractivity contribution in [1.82, 2.24) is 20.4 Å². The van der Waals surface area contributed by atoms with E-state index in [1.54, 1.807) is 23.1 Å². The molecular weight excluding hydrogens is 458 g/mol. The number of β-amino-alcohol motifs (C(OH)–C–C–N with tert-alkyl or cyclic N) is 1. The summed E-state index contributed by atoms with van der Waals surface area (Å²) in [6, 6.07) is 13.1. The number of ether oxygens (including phenoxy) is 1. The molecule has 9 heteroatoms. The third kappa shape index (κ3) is 4.77. The number of benzene rings is 2. The number of piperidine rings is 1. The number of nitriles is 1. The van der Waals surface area contributed by atoms with Crippen molar-refractivity contribution in [2.75, 3.05) is 13.1 Å². The van der Waals surface area contributed by atoms with Gasteiger partial charge >= 0.3 is 6.03 Å². The van der Waals surface area contributed by atoms with Crippen molar-refractivity contribution in [3.63, 3.8) is 0 Å². The number of nitrogens with zero attached hydrogens (tertiary/aromatic N) is 4. The molecule has 0 bridgehead atoms. The highest BCUT2D eigenvalue weighted by Gasteiger charge is 2.30. The Morgan fingerprint density at radius 3 is 2.94 bits per heavy atom. The lowest BCUT2D eigenvalue weighted by Gasteiger charge is -2.31. The number of hydrogen-bond acceptors (Lipinski definition) is 7. The van der Waals surface area contributed by atoms with Gasteiger partial charge in [-0.1, -0.05) is 23.4 Å². The van der Waals surface area contributed by atoms with Crippen molar-refractivity contribution in [1.29, 1.82) is 5.26 Å². The molecular formula is C27H29N5O4. The maximum Gasteiger partial charge on any atom is 0.317 e. The Kier molecular flexibility index (Phi) is 6.61. The number of rotatable bonds is 5. The molecule has 3 aromatic rings. The van der Waals surface area contributed by atoms with Gasteiger partial charge in [0.2, 0.25) is 5.82 Å². The molecule has 0 saturated carbocycles. The van der Waals surface area contributed by atoms with E-state index in [1.807, 2.05) is 32.0 Å². The van der Waals surface area contributed by atoms with Gasteiger partial charge in [0.05, 0.1) is 23.8 Å². The van der Waals surface area contributed by atoms with Crippen LogP contribution in [0.3, 0.4) is 0 Å². The van der Waals surface area contributed by atoms with Gasteiger partial charge < -0.3 is 24.6 Å². The number of fused-ring (bicyclic) bond motifs is 1. The highest BCUT2D eigenvalue weighted by Crippen LogP contribution is 2.38. The van der Waals surface area contributed by atoms with Crippen molar-refractivity contribution < 1.29 is 19.2 Å². The van der Waals surface area contributed by atoms with Gasteiger partial charge in [-0.2, -0.15) is 10.2 Å². The Hall–Kier alpha value is -3.90. The molecule has 1 aliphatic heterocycles. The van der Waals surface area contributed by atoms with Crippen molar-refractivity contribution in [3.05, 3.63) is 53.1 Å². The van der Waals surface area contributed by atoms with Gasteiger partial charge in [-0.05, 0) is 68.9 Å². The summed E-state index contributed by atoms with van der Waals surface area (Å²) in [5.41, 5.74) is 4.05. The minimum absolute atomic E-state index is 0.0433. The molecule has 36 heavy (non-hydrogen) atoms. The second kappa shape index (κ2) is 9.99. The highest BCUT2D eigenvalue weighted by atomic mass is 16.5. The van der Waals surface area contributed by atoms with E-state index in [-0.39, 0.29) is 18.2 Å². The number of hydrogen-bond donors (Lipinski definition) is 2. The summed E-state index contributed by atoms with van der Waals surface area (Å²) >= 11 is 0. The zero-order valence-electron chi connectivity index (χ0n) is 20.4. The van der Waals surface area contributed by atoms with Gasteiger partial charge in [0, 0.05) is 24.2 Å². The van der Waals surface area contributed by atoms with E-state index in [0.29, 0.717) is 41.7 Å². The Labute approximate surface area is 209 Å². The predicted octanol–water partition coefficient (Wildman–Crippen LogP) is 4.22. The van der Waals surface area contributed by atoms with E-state index in [9.17, 15) is 15.2 Å². The van der Waals surface area contributed by atoms with E-state index in [0.717, 1.165) is 42.4 Å². The number of aliphatic hydroxyl groups is 1. The van der Waals surface area contributed by atoms with Crippen LogP contribution in [0.1, 0.15) is 55.8 Å². The molecule has 1 aromatic heterocycles. The van der Waals surface area contributed by atoms with Crippen LogP contribution >= 0.6 is 0 Å². The maximum absolute atomic E-state index is 12.8. The van der Waals surface area contributed by atoms with E-state index < -0.39 is 6.10 Å². The van der Waals surface area contributed by atoms with E-state index >= 15 is 0 Å². The van der Waals surface area contributed by atoms with Crippen LogP contribution in [-0.2, 0) is 6.42 Å². The van der Waals surface area contributed by atoms with Crippen LogP contribution in [0.25, 0.3) is 22.8 Å². The number of aliphatic hydroxyl groups excluding tert-OH is 1. The first-order valence-electron chi connectivity index (χ1n) is 12.3. The zero-order valence-corrected chi connectivity index (χ0v) is 20.4. The summed E-state index contributed by atoms with van der Waals surface area (Å²) in [4.78, 5) is 19.1. The number of aromatic nitrogens is 2. The number of carbonyl (C=O) groups is 1. The second-order valence-corrected chi connectivity index (χ2v) is 9.57. The van der Waals surface area contributed by atoms with Crippen LogP contribution in [-0.4, -0.2) is 51.5 Å². The van der Waals surface area contributed by atoms with Crippen molar-refractivity contribution >= 4 is 6.03 Å². The lowest BCUT2D eigenvalue weighted by Crippen LogP contribution is -2.47. The van der Waals surface area contributed by atoms with E-state index in [1.165, 1.54) is 0 Å². The molecule has 2 aromatic carbocycles. The molecule has 2 N–H and O–H groups in total. The Morgan fingerprint density at radius 2 is 2.17 bits per heavy atom. The summed E-state index contributed by atoms with van der Waals surface area (Å²) in [5.74, 6) is 1.31. The van der Waals surface area contributed by atoms with E-state index in [4.69, 9.17) is 9.26 Å².